The number of ether oxygens (including phenoxy) is 4. The lowest BCUT2D eigenvalue weighted by molar-refractivity contribution is -0.161. The molecule has 19 heteroatoms. The van der Waals surface area contributed by atoms with E-state index in [2.05, 4.69) is 48.5 Å². The summed E-state index contributed by atoms with van der Waals surface area (Å²) in [5.41, 5.74) is 0. The molecule has 0 fully saturated rings. The molecule has 0 amide bonds. The largest absolute Gasteiger partial charge is 0.472 e. The van der Waals surface area contributed by atoms with E-state index < -0.39 is 97.5 Å². The zero-order valence-electron chi connectivity index (χ0n) is 64.3. The first-order valence-electron chi connectivity index (χ1n) is 40.8. The van der Waals surface area contributed by atoms with Gasteiger partial charge < -0.3 is 33.8 Å². The van der Waals surface area contributed by atoms with Gasteiger partial charge in [-0.05, 0) is 43.4 Å². The highest BCUT2D eigenvalue weighted by atomic mass is 31.2. The second-order valence-electron chi connectivity index (χ2n) is 29.9. The summed E-state index contributed by atoms with van der Waals surface area (Å²) < 4.78 is 68.7. The fraction of sp³-hybridized carbons (Fsp3) is 0.949. The number of hydrogen-bond donors (Lipinski definition) is 3. The van der Waals surface area contributed by atoms with Gasteiger partial charge in [0.1, 0.15) is 19.3 Å². The molecule has 3 N–H and O–H groups in total. The quantitative estimate of drug-likeness (QED) is 0.0222. The Labute approximate surface area is 600 Å². The Balaban J connectivity index is 5.27. The smallest absolute Gasteiger partial charge is 0.462 e. The molecule has 0 aromatic heterocycles. The maximum absolute atomic E-state index is 13.1. The lowest BCUT2D eigenvalue weighted by Crippen LogP contribution is -2.30. The van der Waals surface area contributed by atoms with E-state index in [1.807, 2.05) is 0 Å². The minimum absolute atomic E-state index is 0.106. The van der Waals surface area contributed by atoms with Crippen LogP contribution in [0.1, 0.15) is 408 Å². The Morgan fingerprint density at radius 3 is 0.694 bits per heavy atom. The van der Waals surface area contributed by atoms with Crippen LogP contribution in [-0.2, 0) is 65.4 Å². The van der Waals surface area contributed by atoms with Gasteiger partial charge in [-0.1, -0.05) is 357 Å². The number of carbonyl (C=O) groups is 4. The van der Waals surface area contributed by atoms with Gasteiger partial charge in [-0.3, -0.25) is 37.3 Å². The van der Waals surface area contributed by atoms with E-state index in [9.17, 15) is 43.2 Å². The zero-order chi connectivity index (χ0) is 72.3. The van der Waals surface area contributed by atoms with Gasteiger partial charge in [0.05, 0.1) is 26.4 Å². The molecule has 0 aromatic rings. The standard InChI is InChI=1S/C79H154O17P2/c1-8-9-10-11-12-13-14-15-16-17-18-19-26-33-41-48-55-62-78(83)95-74(66-89-76(81)60-53-46-39-32-25-21-20-23-29-36-43-50-57-70(2)3)68-93-97(85,86)91-64-73(80)65-92-98(87,88)94-69-75(67-90-77(82)61-54-47-40-35-28-31-38-45-52-59-72(6)7)96-79(84)63-56-49-42-34-27-22-24-30-37-44-51-58-71(4)5/h70-75,80H,8-69H2,1-7H3,(H,85,86)(H,87,88)/t73-,74-,75-/m1/s1. The normalized spacial score (nSPS) is 14.0. The fourth-order valence-corrected chi connectivity index (χ4v) is 13.7. The molecule has 0 aliphatic heterocycles. The van der Waals surface area contributed by atoms with Crippen LogP contribution < -0.4 is 0 Å². The first-order chi connectivity index (χ1) is 47.2. The van der Waals surface area contributed by atoms with Crippen LogP contribution in [0.3, 0.4) is 0 Å². The van der Waals surface area contributed by atoms with Crippen LogP contribution in [-0.4, -0.2) is 96.7 Å². The summed E-state index contributed by atoms with van der Waals surface area (Å²) in [5, 5.41) is 10.6. The summed E-state index contributed by atoms with van der Waals surface area (Å²) in [6.45, 7) is 11.9. The molecule has 0 heterocycles. The van der Waals surface area contributed by atoms with Gasteiger partial charge in [-0.25, -0.2) is 9.13 Å². The number of rotatable bonds is 77. The topological polar surface area (TPSA) is 237 Å². The summed E-state index contributed by atoms with van der Waals surface area (Å²) in [7, 11) is -9.92. The van der Waals surface area contributed by atoms with Gasteiger partial charge in [-0.15, -0.1) is 0 Å². The van der Waals surface area contributed by atoms with Gasteiger partial charge in [0.25, 0.3) is 0 Å². The molecule has 0 aromatic carbocycles. The first-order valence-corrected chi connectivity index (χ1v) is 43.8. The lowest BCUT2D eigenvalue weighted by atomic mass is 10.0. The molecular formula is C79H154O17P2. The number of aliphatic hydroxyl groups is 1. The third-order valence-electron chi connectivity index (χ3n) is 18.4. The van der Waals surface area contributed by atoms with Crippen molar-refractivity contribution in [2.45, 2.75) is 426 Å². The van der Waals surface area contributed by atoms with Gasteiger partial charge in [0.2, 0.25) is 0 Å². The van der Waals surface area contributed by atoms with Crippen molar-refractivity contribution in [3.63, 3.8) is 0 Å². The van der Waals surface area contributed by atoms with Crippen molar-refractivity contribution in [2.75, 3.05) is 39.6 Å². The van der Waals surface area contributed by atoms with Crippen molar-refractivity contribution >= 4 is 39.5 Å². The lowest BCUT2D eigenvalue weighted by Gasteiger charge is -2.21. The number of esters is 4. The van der Waals surface area contributed by atoms with Crippen LogP contribution in [0.25, 0.3) is 0 Å². The molecule has 5 atom stereocenters. The zero-order valence-corrected chi connectivity index (χ0v) is 66.0. The molecule has 0 saturated heterocycles. The van der Waals surface area contributed by atoms with E-state index in [0.717, 1.165) is 108 Å². The van der Waals surface area contributed by atoms with Crippen LogP contribution in [0.5, 0.6) is 0 Å². The number of unbranched alkanes of at least 4 members (excludes halogenated alkanes) is 45. The summed E-state index contributed by atoms with van der Waals surface area (Å²) >= 11 is 0. The Hall–Kier alpha value is -1.94. The molecular weight excluding hydrogens is 1280 g/mol. The minimum atomic E-state index is -4.96. The molecule has 582 valence electrons. The second-order valence-corrected chi connectivity index (χ2v) is 32.8. The average Bonchev–Trinajstić information content (AvgIpc) is 1.43. The Morgan fingerprint density at radius 2 is 0.469 bits per heavy atom. The maximum atomic E-state index is 13.1. The monoisotopic (exact) mass is 1440 g/mol. The van der Waals surface area contributed by atoms with E-state index in [4.69, 9.17) is 37.0 Å². The molecule has 0 bridgehead atoms. The van der Waals surface area contributed by atoms with Crippen LogP contribution in [0, 0.1) is 17.8 Å². The third kappa shape index (κ3) is 72.4. The molecule has 0 rings (SSSR count). The van der Waals surface area contributed by atoms with Crippen LogP contribution >= 0.6 is 15.6 Å². The highest BCUT2D eigenvalue weighted by Crippen LogP contribution is 2.45. The number of phosphoric acid groups is 2. The SMILES string of the molecule is CCCCCCCCCCCCCCCCCCCC(=O)O[C@H](COC(=O)CCCCCCCCCCCCCCC(C)C)COP(=O)(O)OC[C@@H](O)COP(=O)(O)OC[C@@H](COC(=O)CCCCCCCCCCCC(C)C)OC(=O)CCCCCCCCCCCCCC(C)C. The molecule has 98 heavy (non-hydrogen) atoms. The average molecular weight is 1440 g/mol. The van der Waals surface area contributed by atoms with Crippen molar-refractivity contribution in [3.05, 3.63) is 0 Å². The third-order valence-corrected chi connectivity index (χ3v) is 20.3. The van der Waals surface area contributed by atoms with Crippen molar-refractivity contribution in [1.29, 1.82) is 0 Å². The number of aliphatic hydroxyl groups excluding tert-OH is 1. The van der Waals surface area contributed by atoms with Crippen LogP contribution in [0.4, 0.5) is 0 Å². The summed E-state index contributed by atoms with van der Waals surface area (Å²) in [6, 6.07) is 0. The molecule has 2 unspecified atom stereocenters. The summed E-state index contributed by atoms with van der Waals surface area (Å²) in [4.78, 5) is 73.0. The van der Waals surface area contributed by atoms with Crippen LogP contribution in [0.15, 0.2) is 0 Å². The van der Waals surface area contributed by atoms with E-state index in [0.29, 0.717) is 25.7 Å². The van der Waals surface area contributed by atoms with Gasteiger partial charge in [0, 0.05) is 25.7 Å². The van der Waals surface area contributed by atoms with Crippen LogP contribution in [0.2, 0.25) is 0 Å². The molecule has 0 spiro atoms. The fourth-order valence-electron chi connectivity index (χ4n) is 12.1. The molecule has 0 saturated carbocycles. The predicted molar refractivity (Wildman–Crippen MR) is 400 cm³/mol. The summed E-state index contributed by atoms with van der Waals surface area (Å²) in [5.74, 6) is 0.179. The van der Waals surface area contributed by atoms with E-state index >= 15 is 0 Å². The Bertz CT molecular complexity index is 1900. The van der Waals surface area contributed by atoms with E-state index in [1.165, 1.54) is 218 Å². The first kappa shape index (κ1) is 96.1. The molecule has 0 aliphatic carbocycles. The van der Waals surface area contributed by atoms with Crippen molar-refractivity contribution in [1.82, 2.24) is 0 Å². The summed E-state index contributed by atoms with van der Waals surface area (Å²) in [6.07, 6.45) is 56.8. The van der Waals surface area contributed by atoms with E-state index in [1.54, 1.807) is 0 Å². The Morgan fingerprint density at radius 1 is 0.276 bits per heavy atom. The van der Waals surface area contributed by atoms with Gasteiger partial charge >= 0.3 is 39.5 Å². The Kier molecular flexibility index (Phi) is 68.1. The van der Waals surface area contributed by atoms with Gasteiger partial charge in [0.15, 0.2) is 12.2 Å². The molecule has 17 nitrogen and oxygen atoms in total. The van der Waals surface area contributed by atoms with Crippen molar-refractivity contribution < 1.29 is 80.2 Å². The highest BCUT2D eigenvalue weighted by molar-refractivity contribution is 7.47. The highest BCUT2D eigenvalue weighted by Gasteiger charge is 2.30. The van der Waals surface area contributed by atoms with Crippen molar-refractivity contribution in [2.24, 2.45) is 17.8 Å². The number of carbonyl (C=O) groups excluding carboxylic acids is 4. The predicted octanol–water partition coefficient (Wildman–Crippen LogP) is 23.4. The molecule has 0 radical (unpaired) electrons. The second kappa shape index (κ2) is 69.4. The maximum Gasteiger partial charge on any atom is 0.472 e. The molecule has 0 aliphatic rings. The van der Waals surface area contributed by atoms with E-state index in [-0.39, 0.29) is 25.7 Å². The minimum Gasteiger partial charge on any atom is -0.462 e. The van der Waals surface area contributed by atoms with Crippen molar-refractivity contribution in [3.8, 4) is 0 Å². The number of phosphoric ester groups is 2. The van der Waals surface area contributed by atoms with Gasteiger partial charge in [-0.2, -0.15) is 0 Å². The number of hydrogen-bond acceptors (Lipinski definition) is 15.